The summed E-state index contributed by atoms with van der Waals surface area (Å²) in [6.07, 6.45) is 12.4. The topological polar surface area (TPSA) is 284 Å². The van der Waals surface area contributed by atoms with E-state index in [0.29, 0.717) is 141 Å². The van der Waals surface area contributed by atoms with Gasteiger partial charge in [0.25, 0.3) is 17.8 Å². The Morgan fingerprint density at radius 2 is 1.52 bits per heavy atom. The first-order chi connectivity index (χ1) is 30.2. The van der Waals surface area contributed by atoms with Gasteiger partial charge in [-0.3, -0.25) is 9.59 Å². The largest absolute Gasteiger partial charge is 0.424 e. The summed E-state index contributed by atoms with van der Waals surface area (Å²) in [7, 11) is 1.73. The zero-order chi connectivity index (χ0) is 43.2. The molecular weight excluding hydrogens is 795 g/mol. The number of hydrogen-bond donors (Lipinski definition) is 4. The highest BCUT2D eigenvalue weighted by atomic mass is 16.4. The van der Waals surface area contributed by atoms with Crippen LogP contribution in [-0.4, -0.2) is 131 Å². The summed E-state index contributed by atoms with van der Waals surface area (Å²) in [5.74, 6) is 1.54. The lowest BCUT2D eigenvalue weighted by Gasteiger charge is -2.34. The van der Waals surface area contributed by atoms with Crippen LogP contribution in [0, 0.1) is 0 Å². The molecule has 0 spiro atoms. The minimum Gasteiger partial charge on any atom is -0.424 e. The molecule has 0 unspecified atom stereocenters. The Morgan fingerprint density at radius 3 is 2.19 bits per heavy atom. The van der Waals surface area contributed by atoms with E-state index in [1.165, 1.54) is 18.7 Å². The SMILES string of the molecule is CCN(CCN(C)C(=O)c1cnc(N2CCN(c3ncc(CN)cn3)CC2)nc1)c1ncc(C(=O)NCCCCn2nc(-c3ccc4oc(N)nc4c3)c3c(N)ncnc32)cn1. The third-order valence-corrected chi connectivity index (χ3v) is 10.6. The normalized spacial score (nSPS) is 12.9. The van der Waals surface area contributed by atoms with Crippen LogP contribution in [0.3, 0.4) is 0 Å². The summed E-state index contributed by atoms with van der Waals surface area (Å²) in [5, 5.41) is 8.41. The van der Waals surface area contributed by atoms with Gasteiger partial charge in [-0.15, -0.1) is 0 Å². The van der Waals surface area contributed by atoms with E-state index in [2.05, 4.69) is 60.0 Å². The third kappa shape index (κ3) is 8.94. The monoisotopic (exact) mass is 841 g/mol. The van der Waals surface area contributed by atoms with Crippen molar-refractivity contribution in [2.75, 3.05) is 85.6 Å². The van der Waals surface area contributed by atoms with E-state index in [9.17, 15) is 9.59 Å². The number of likely N-dealkylation sites (N-methyl/N-ethyl adjacent to an activating group) is 2. The second-order valence-corrected chi connectivity index (χ2v) is 14.6. The lowest BCUT2D eigenvalue weighted by Crippen LogP contribution is -2.47. The number of aryl methyl sites for hydroxylation is 1. The molecule has 1 aromatic carbocycles. The molecule has 7 heterocycles. The van der Waals surface area contributed by atoms with Crippen molar-refractivity contribution in [2.45, 2.75) is 32.9 Å². The standard InChI is InChI=1S/C40H47N19O3/c1-3-56(11-10-55(2)36(61)28-22-49-40(50-23-28)58-14-12-57(13-15-58)39-45-18-25(17-41)19-46-39)38-47-20-27(21-48-38)35(60)44-8-4-5-9-59-34-31(33(42)51-24-52-34)32(54-59)26-6-7-30-29(16-26)53-37(43)62-30/h6-7,16,18-24H,3-5,8-15,17,41H2,1-2H3,(H2,43,53)(H,44,60)(H2,42,51,52). The van der Waals surface area contributed by atoms with E-state index < -0.39 is 0 Å². The number of rotatable bonds is 16. The van der Waals surface area contributed by atoms with Crippen molar-refractivity contribution in [2.24, 2.45) is 5.73 Å². The molecule has 22 nitrogen and oxygen atoms in total. The molecule has 6 aromatic heterocycles. The van der Waals surface area contributed by atoms with Crippen LogP contribution in [0.15, 0.2) is 66.1 Å². The van der Waals surface area contributed by atoms with Gasteiger partial charge in [0.1, 0.15) is 23.4 Å². The van der Waals surface area contributed by atoms with Crippen molar-refractivity contribution in [3.63, 3.8) is 0 Å². The number of unbranched alkanes of at least 4 members (excludes halogenated alkanes) is 1. The van der Waals surface area contributed by atoms with Gasteiger partial charge < -0.3 is 46.5 Å². The van der Waals surface area contributed by atoms with E-state index in [0.717, 1.165) is 11.1 Å². The van der Waals surface area contributed by atoms with Crippen LogP contribution in [0.5, 0.6) is 0 Å². The Morgan fingerprint density at radius 1 is 0.839 bits per heavy atom. The third-order valence-electron chi connectivity index (χ3n) is 10.6. The number of hydrogen-bond acceptors (Lipinski definition) is 19. The summed E-state index contributed by atoms with van der Waals surface area (Å²) < 4.78 is 7.20. The van der Waals surface area contributed by atoms with Crippen LogP contribution in [0.4, 0.5) is 29.7 Å². The Hall–Kier alpha value is -7.62. The van der Waals surface area contributed by atoms with Crippen LogP contribution in [-0.2, 0) is 13.1 Å². The van der Waals surface area contributed by atoms with E-state index in [1.54, 1.807) is 47.5 Å². The van der Waals surface area contributed by atoms with Crippen molar-refractivity contribution in [1.29, 1.82) is 0 Å². The minimum absolute atomic E-state index is 0.0843. The average molecular weight is 842 g/mol. The van der Waals surface area contributed by atoms with Crippen molar-refractivity contribution < 1.29 is 14.0 Å². The number of benzene rings is 1. The Kier molecular flexibility index (Phi) is 12.2. The summed E-state index contributed by atoms with van der Waals surface area (Å²) in [4.78, 5) is 73.6. The molecule has 0 bridgehead atoms. The van der Waals surface area contributed by atoms with Gasteiger partial charge in [-0.25, -0.2) is 44.6 Å². The maximum atomic E-state index is 13.3. The second-order valence-electron chi connectivity index (χ2n) is 14.6. The predicted molar refractivity (Wildman–Crippen MR) is 232 cm³/mol. The van der Waals surface area contributed by atoms with Gasteiger partial charge in [-0.2, -0.15) is 10.1 Å². The molecule has 7 aromatic rings. The fourth-order valence-electron chi connectivity index (χ4n) is 7.08. The molecule has 1 aliphatic heterocycles. The number of oxazole rings is 1. The average Bonchev–Trinajstić information content (AvgIpc) is 3.88. The maximum Gasteiger partial charge on any atom is 0.292 e. The smallest absolute Gasteiger partial charge is 0.292 e. The number of nitrogens with two attached hydrogens (primary N) is 3. The summed E-state index contributed by atoms with van der Waals surface area (Å²) in [5.41, 5.74) is 22.5. The molecule has 2 amide bonds. The lowest BCUT2D eigenvalue weighted by molar-refractivity contribution is 0.0797. The first-order valence-electron chi connectivity index (χ1n) is 20.3. The van der Waals surface area contributed by atoms with Crippen LogP contribution >= 0.6 is 0 Å². The molecule has 7 N–H and O–H groups in total. The first-order valence-corrected chi connectivity index (χ1v) is 20.3. The Labute approximate surface area is 355 Å². The van der Waals surface area contributed by atoms with Crippen molar-refractivity contribution in [3.05, 3.63) is 78.4 Å². The van der Waals surface area contributed by atoms with Gasteiger partial charge in [-0.05, 0) is 38.0 Å². The second kappa shape index (κ2) is 18.3. The number of carbonyl (C=O) groups is 2. The number of fused-ring (bicyclic) bond motifs is 2. The van der Waals surface area contributed by atoms with Crippen molar-refractivity contribution in [3.8, 4) is 11.3 Å². The predicted octanol–water partition coefficient (Wildman–Crippen LogP) is 1.76. The molecule has 8 rings (SSSR count). The zero-order valence-corrected chi connectivity index (χ0v) is 34.4. The number of aromatic nitrogens is 11. The summed E-state index contributed by atoms with van der Waals surface area (Å²) >= 11 is 0. The van der Waals surface area contributed by atoms with Crippen molar-refractivity contribution >= 4 is 63.6 Å². The number of nitrogens with one attached hydrogen (secondary N) is 1. The molecule has 0 saturated carbocycles. The summed E-state index contributed by atoms with van der Waals surface area (Å²) in [6, 6.07) is 5.57. The molecule has 0 radical (unpaired) electrons. The van der Waals surface area contributed by atoms with E-state index in [1.807, 2.05) is 24.0 Å². The number of piperazine rings is 1. The molecule has 1 fully saturated rings. The molecule has 0 aliphatic carbocycles. The fraction of sp³-hybridized carbons (Fsp3) is 0.350. The summed E-state index contributed by atoms with van der Waals surface area (Å²) in [6.45, 7) is 7.65. The van der Waals surface area contributed by atoms with E-state index in [-0.39, 0.29) is 17.8 Å². The molecule has 62 heavy (non-hydrogen) atoms. The number of anilines is 5. The Bertz CT molecular complexity index is 2640. The lowest BCUT2D eigenvalue weighted by atomic mass is 10.1. The molecule has 0 atom stereocenters. The van der Waals surface area contributed by atoms with Gasteiger partial charge in [0.2, 0.25) is 17.8 Å². The highest BCUT2D eigenvalue weighted by Crippen LogP contribution is 2.32. The maximum absolute atomic E-state index is 13.3. The molecule has 22 heteroatoms. The molecular formula is C40H47N19O3. The first kappa shape index (κ1) is 41.1. The van der Waals surface area contributed by atoms with Crippen LogP contribution in [0.25, 0.3) is 33.4 Å². The fourth-order valence-corrected chi connectivity index (χ4v) is 7.08. The van der Waals surface area contributed by atoms with E-state index in [4.69, 9.17) is 26.7 Å². The van der Waals surface area contributed by atoms with E-state index >= 15 is 0 Å². The zero-order valence-electron chi connectivity index (χ0n) is 34.4. The quantitative estimate of drug-likeness (QED) is 0.101. The van der Waals surface area contributed by atoms with Gasteiger partial charge in [-0.1, -0.05) is 0 Å². The molecule has 320 valence electrons. The highest BCUT2D eigenvalue weighted by Gasteiger charge is 2.23. The van der Waals surface area contributed by atoms with Crippen LogP contribution in [0.1, 0.15) is 46.0 Å². The number of nitrogen functional groups attached to an aromatic ring is 2. The van der Waals surface area contributed by atoms with Gasteiger partial charge in [0.05, 0.1) is 16.5 Å². The van der Waals surface area contributed by atoms with Gasteiger partial charge in [0.15, 0.2) is 11.2 Å². The van der Waals surface area contributed by atoms with Crippen LogP contribution in [0.2, 0.25) is 0 Å². The molecule has 1 aliphatic rings. The van der Waals surface area contributed by atoms with Crippen molar-refractivity contribution in [1.82, 2.24) is 64.9 Å². The highest BCUT2D eigenvalue weighted by molar-refractivity contribution is 5.99. The number of carbonyl (C=O) groups excluding carboxylic acids is 2. The van der Waals surface area contributed by atoms with Gasteiger partial charge in [0, 0.05) is 121 Å². The number of amides is 2. The Balaban J connectivity index is 0.780. The number of nitrogens with zero attached hydrogens (tertiary/aromatic N) is 15. The van der Waals surface area contributed by atoms with Crippen LogP contribution < -0.4 is 37.2 Å². The molecule has 1 saturated heterocycles. The minimum atomic E-state index is -0.278. The van der Waals surface area contributed by atoms with Gasteiger partial charge >= 0.3 is 0 Å².